The zero-order valence-electron chi connectivity index (χ0n) is 12.0. The fraction of sp³-hybridized carbons (Fsp3) is 0.235. The van der Waals surface area contributed by atoms with Crippen molar-refractivity contribution in [1.29, 1.82) is 0 Å². The molecule has 0 aliphatic rings. The molecule has 0 aliphatic heterocycles. The third-order valence-corrected chi connectivity index (χ3v) is 3.25. The van der Waals surface area contributed by atoms with Crippen LogP contribution in [0.2, 0.25) is 0 Å². The second-order valence-corrected chi connectivity index (χ2v) is 4.85. The second-order valence-electron chi connectivity index (χ2n) is 4.85. The molecule has 5 heteroatoms. The van der Waals surface area contributed by atoms with Gasteiger partial charge in [0.05, 0.1) is 5.52 Å². The number of terminal acetylenes is 1. The van der Waals surface area contributed by atoms with Gasteiger partial charge in [0.25, 0.3) is 5.91 Å². The van der Waals surface area contributed by atoms with Gasteiger partial charge >= 0.3 is 5.97 Å². The van der Waals surface area contributed by atoms with Crippen molar-refractivity contribution in [2.24, 2.45) is 0 Å². The predicted molar refractivity (Wildman–Crippen MR) is 83.3 cm³/mol. The fourth-order valence-electron chi connectivity index (χ4n) is 2.09. The van der Waals surface area contributed by atoms with Gasteiger partial charge in [0.1, 0.15) is 11.7 Å². The number of aromatic nitrogens is 1. The molecule has 0 aliphatic carbocycles. The third-order valence-electron chi connectivity index (χ3n) is 3.25. The van der Waals surface area contributed by atoms with E-state index in [1.54, 1.807) is 18.2 Å². The van der Waals surface area contributed by atoms with Gasteiger partial charge in [-0.3, -0.25) is 4.79 Å². The van der Waals surface area contributed by atoms with Crippen molar-refractivity contribution in [2.45, 2.75) is 25.3 Å². The number of carbonyl (C=O) groups is 2. The van der Waals surface area contributed by atoms with Crippen molar-refractivity contribution in [3.63, 3.8) is 0 Å². The fourth-order valence-corrected chi connectivity index (χ4v) is 2.09. The predicted octanol–water partition coefficient (Wildman–Crippen LogP) is 2.22. The lowest BCUT2D eigenvalue weighted by Crippen LogP contribution is -2.41. The Morgan fingerprint density at radius 3 is 2.77 bits per heavy atom. The third kappa shape index (κ3) is 3.83. The van der Waals surface area contributed by atoms with E-state index in [9.17, 15) is 9.59 Å². The number of carboxylic acids is 1. The Kier molecular flexibility index (Phi) is 5.10. The molecule has 22 heavy (non-hydrogen) atoms. The largest absolute Gasteiger partial charge is 0.480 e. The van der Waals surface area contributed by atoms with Gasteiger partial charge in [-0.15, -0.1) is 12.3 Å². The molecule has 112 valence electrons. The second kappa shape index (κ2) is 7.23. The quantitative estimate of drug-likeness (QED) is 0.633. The molecule has 1 atom stereocenters. The Morgan fingerprint density at radius 2 is 2.05 bits per heavy atom. The molecule has 1 aromatic carbocycles. The van der Waals surface area contributed by atoms with E-state index in [0.717, 1.165) is 5.39 Å². The first-order valence-corrected chi connectivity index (χ1v) is 6.94. The molecule has 0 fully saturated rings. The number of rotatable bonds is 6. The van der Waals surface area contributed by atoms with Gasteiger partial charge in [-0.05, 0) is 25.0 Å². The number of amides is 1. The van der Waals surface area contributed by atoms with Crippen molar-refractivity contribution < 1.29 is 14.7 Å². The highest BCUT2D eigenvalue weighted by molar-refractivity contribution is 5.96. The SMILES string of the molecule is C#CCCC[C@@H](NC(=O)c1ccc2ccccc2n1)C(=O)O. The number of fused-ring (bicyclic) bond motifs is 1. The number of nitrogens with one attached hydrogen (secondary N) is 1. The highest BCUT2D eigenvalue weighted by Crippen LogP contribution is 2.12. The Hall–Kier alpha value is -2.87. The van der Waals surface area contributed by atoms with Crippen LogP contribution in [0.25, 0.3) is 10.9 Å². The van der Waals surface area contributed by atoms with Crippen molar-refractivity contribution >= 4 is 22.8 Å². The molecule has 2 aromatic rings. The highest BCUT2D eigenvalue weighted by atomic mass is 16.4. The number of para-hydroxylation sites is 1. The molecular formula is C17H16N2O3. The molecular weight excluding hydrogens is 280 g/mol. The molecule has 1 aromatic heterocycles. The number of carboxylic acid groups (broad SMARTS) is 1. The van der Waals surface area contributed by atoms with Gasteiger partial charge in [0.15, 0.2) is 0 Å². The van der Waals surface area contributed by atoms with Gasteiger partial charge < -0.3 is 10.4 Å². The number of hydrogen-bond acceptors (Lipinski definition) is 3. The van der Waals surface area contributed by atoms with Crippen LogP contribution in [0.3, 0.4) is 0 Å². The Labute approximate surface area is 128 Å². The average molecular weight is 296 g/mol. The van der Waals surface area contributed by atoms with Crippen LogP contribution in [0.4, 0.5) is 0 Å². The minimum Gasteiger partial charge on any atom is -0.480 e. The lowest BCUT2D eigenvalue weighted by molar-refractivity contribution is -0.139. The van der Waals surface area contributed by atoms with Crippen molar-refractivity contribution in [3.8, 4) is 12.3 Å². The maximum Gasteiger partial charge on any atom is 0.326 e. The van der Waals surface area contributed by atoms with Crippen LogP contribution in [0.15, 0.2) is 36.4 Å². The zero-order chi connectivity index (χ0) is 15.9. The Bertz CT molecular complexity index is 734. The standard InChI is InChI=1S/C17H16N2O3/c1-2-3-4-9-15(17(21)22)19-16(20)14-11-10-12-7-5-6-8-13(12)18-14/h1,5-8,10-11,15H,3-4,9H2,(H,19,20)(H,21,22)/t15-/m1/s1. The molecule has 0 saturated heterocycles. The van der Waals surface area contributed by atoms with E-state index in [2.05, 4.69) is 16.2 Å². The summed E-state index contributed by atoms with van der Waals surface area (Å²) < 4.78 is 0. The number of aliphatic carboxylic acids is 1. The normalized spacial score (nSPS) is 11.6. The number of pyridine rings is 1. The first-order valence-electron chi connectivity index (χ1n) is 6.94. The molecule has 0 unspecified atom stereocenters. The summed E-state index contributed by atoms with van der Waals surface area (Å²) in [6.45, 7) is 0. The van der Waals surface area contributed by atoms with Gasteiger partial charge in [0.2, 0.25) is 0 Å². The summed E-state index contributed by atoms with van der Waals surface area (Å²) in [7, 11) is 0. The minimum absolute atomic E-state index is 0.196. The van der Waals surface area contributed by atoms with Gasteiger partial charge in [-0.1, -0.05) is 24.3 Å². The van der Waals surface area contributed by atoms with E-state index in [4.69, 9.17) is 11.5 Å². The summed E-state index contributed by atoms with van der Waals surface area (Å²) in [6, 6.07) is 9.81. The van der Waals surface area contributed by atoms with E-state index in [1.165, 1.54) is 0 Å². The number of unbranched alkanes of at least 4 members (excludes halogenated alkanes) is 1. The van der Waals surface area contributed by atoms with Crippen LogP contribution in [0.5, 0.6) is 0 Å². The molecule has 0 spiro atoms. The number of benzene rings is 1. The molecule has 0 bridgehead atoms. The summed E-state index contributed by atoms with van der Waals surface area (Å²) >= 11 is 0. The summed E-state index contributed by atoms with van der Waals surface area (Å²) in [5.74, 6) is 0.870. The summed E-state index contributed by atoms with van der Waals surface area (Å²) in [4.78, 5) is 27.6. The summed E-state index contributed by atoms with van der Waals surface area (Å²) in [6.07, 6.45) is 6.45. The lowest BCUT2D eigenvalue weighted by Gasteiger charge is -2.13. The molecule has 1 amide bonds. The van der Waals surface area contributed by atoms with Crippen LogP contribution >= 0.6 is 0 Å². The van der Waals surface area contributed by atoms with Crippen molar-refractivity contribution in [2.75, 3.05) is 0 Å². The van der Waals surface area contributed by atoms with Crippen LogP contribution in [0, 0.1) is 12.3 Å². The van der Waals surface area contributed by atoms with Gasteiger partial charge in [0, 0.05) is 11.8 Å². The van der Waals surface area contributed by atoms with Crippen LogP contribution in [-0.2, 0) is 4.79 Å². The maximum absolute atomic E-state index is 12.2. The number of nitrogens with zero attached hydrogens (tertiary/aromatic N) is 1. The molecule has 1 heterocycles. The minimum atomic E-state index is -1.08. The molecule has 5 nitrogen and oxygen atoms in total. The van der Waals surface area contributed by atoms with Crippen LogP contribution < -0.4 is 5.32 Å². The first kappa shape index (κ1) is 15.5. The zero-order valence-corrected chi connectivity index (χ0v) is 12.0. The molecule has 0 radical (unpaired) electrons. The molecule has 2 N–H and O–H groups in total. The van der Waals surface area contributed by atoms with E-state index in [-0.39, 0.29) is 5.69 Å². The summed E-state index contributed by atoms with van der Waals surface area (Å²) in [5, 5.41) is 12.6. The first-order chi connectivity index (χ1) is 10.6. The smallest absolute Gasteiger partial charge is 0.326 e. The van der Waals surface area contributed by atoms with Gasteiger partial charge in [-0.25, -0.2) is 9.78 Å². The van der Waals surface area contributed by atoms with Crippen molar-refractivity contribution in [1.82, 2.24) is 10.3 Å². The summed E-state index contributed by atoms with van der Waals surface area (Å²) in [5.41, 5.74) is 0.885. The van der Waals surface area contributed by atoms with Crippen molar-refractivity contribution in [3.05, 3.63) is 42.1 Å². The van der Waals surface area contributed by atoms with E-state index in [1.807, 2.05) is 18.2 Å². The number of hydrogen-bond donors (Lipinski definition) is 2. The Morgan fingerprint density at radius 1 is 1.27 bits per heavy atom. The Balaban J connectivity index is 2.11. The maximum atomic E-state index is 12.2. The topological polar surface area (TPSA) is 79.3 Å². The lowest BCUT2D eigenvalue weighted by atomic mass is 10.1. The average Bonchev–Trinajstić information content (AvgIpc) is 2.53. The molecule has 0 saturated carbocycles. The monoisotopic (exact) mass is 296 g/mol. The van der Waals surface area contributed by atoms with E-state index in [0.29, 0.717) is 24.8 Å². The van der Waals surface area contributed by atoms with E-state index < -0.39 is 17.9 Å². The highest BCUT2D eigenvalue weighted by Gasteiger charge is 2.20. The van der Waals surface area contributed by atoms with E-state index >= 15 is 0 Å². The number of carbonyl (C=O) groups excluding carboxylic acids is 1. The van der Waals surface area contributed by atoms with Gasteiger partial charge in [-0.2, -0.15) is 0 Å². The molecule has 2 rings (SSSR count). The van der Waals surface area contributed by atoms with Crippen LogP contribution in [-0.4, -0.2) is 28.0 Å². The van der Waals surface area contributed by atoms with Crippen LogP contribution in [0.1, 0.15) is 29.8 Å².